The van der Waals surface area contributed by atoms with Crippen molar-refractivity contribution in [2.75, 3.05) is 39.3 Å². The zero-order chi connectivity index (χ0) is 19.9. The van der Waals surface area contributed by atoms with Gasteiger partial charge in [0.15, 0.2) is 6.26 Å². The summed E-state index contributed by atoms with van der Waals surface area (Å²) in [4.78, 5) is 8.90. The first kappa shape index (κ1) is 19.6. The summed E-state index contributed by atoms with van der Waals surface area (Å²) in [6, 6.07) is 3.88. The predicted octanol–water partition coefficient (Wildman–Crippen LogP) is 3.74. The minimum absolute atomic E-state index is 0.673. The number of nitrogens with zero attached hydrogens (tertiary/aromatic N) is 3. The first-order valence-corrected chi connectivity index (χ1v) is 10.4. The van der Waals surface area contributed by atoms with E-state index in [4.69, 9.17) is 14.2 Å². The maximum absolute atomic E-state index is 5.87. The van der Waals surface area contributed by atoms with Gasteiger partial charge in [0.2, 0.25) is 5.88 Å². The molecule has 154 valence electrons. The molecule has 29 heavy (non-hydrogen) atoms. The van der Waals surface area contributed by atoms with Gasteiger partial charge in [-0.3, -0.25) is 9.88 Å². The average Bonchev–Trinajstić information content (AvgIpc) is 2.77. The molecule has 0 bridgehead atoms. The summed E-state index contributed by atoms with van der Waals surface area (Å²) in [5.41, 5.74) is 2.32. The summed E-state index contributed by atoms with van der Waals surface area (Å²) in [7, 11) is 0. The Bertz CT molecular complexity index is 820. The monoisotopic (exact) mass is 395 g/mol. The second kappa shape index (κ2) is 9.65. The van der Waals surface area contributed by atoms with Crippen LogP contribution in [0.3, 0.4) is 0 Å². The van der Waals surface area contributed by atoms with Gasteiger partial charge in [-0.05, 0) is 31.9 Å². The van der Waals surface area contributed by atoms with E-state index in [1.165, 1.54) is 5.57 Å². The fourth-order valence-corrected chi connectivity index (χ4v) is 3.66. The minimum atomic E-state index is 0.673. The lowest BCUT2D eigenvalue weighted by Gasteiger charge is -2.36. The van der Waals surface area contributed by atoms with Crippen LogP contribution in [0.1, 0.15) is 25.0 Å². The zero-order valence-electron chi connectivity index (χ0n) is 17.0. The number of aryl methyl sites for hydroxylation is 1. The van der Waals surface area contributed by atoms with Crippen molar-refractivity contribution in [2.45, 2.75) is 26.2 Å². The molecule has 4 rings (SSSR count). The number of aromatic nitrogens is 1. The maximum atomic E-state index is 5.87. The normalized spacial score (nSPS) is 19.6. The fourth-order valence-electron chi connectivity index (χ4n) is 3.66. The Morgan fingerprint density at radius 2 is 2.03 bits per heavy atom. The molecule has 1 fully saturated rings. The lowest BCUT2D eigenvalue weighted by atomic mass is 10.0. The van der Waals surface area contributed by atoms with Crippen LogP contribution in [-0.4, -0.2) is 54.1 Å². The van der Waals surface area contributed by atoms with Crippen molar-refractivity contribution in [3.05, 3.63) is 72.0 Å². The third-order valence-corrected chi connectivity index (χ3v) is 5.43. The number of pyridine rings is 1. The van der Waals surface area contributed by atoms with Gasteiger partial charge in [-0.15, -0.1) is 0 Å². The lowest BCUT2D eigenvalue weighted by molar-refractivity contribution is 0.0768. The number of ether oxygens (including phenoxy) is 3. The van der Waals surface area contributed by atoms with E-state index in [-0.39, 0.29) is 0 Å². The SMILES string of the molecule is Cc1ncccc1OCCN1CCN(C2=COC(CC3=CC=CCC3)=CO2)CC1. The maximum Gasteiger partial charge on any atom is 0.231 e. The highest BCUT2D eigenvalue weighted by atomic mass is 16.6. The molecule has 0 saturated carbocycles. The third kappa shape index (κ3) is 5.41. The van der Waals surface area contributed by atoms with Crippen LogP contribution in [0.5, 0.6) is 5.75 Å². The molecule has 1 saturated heterocycles. The summed E-state index contributed by atoms with van der Waals surface area (Å²) >= 11 is 0. The van der Waals surface area contributed by atoms with Gasteiger partial charge in [-0.2, -0.15) is 0 Å². The summed E-state index contributed by atoms with van der Waals surface area (Å²) in [6.07, 6.45) is 14.8. The molecule has 1 aliphatic carbocycles. The molecule has 6 heteroatoms. The Morgan fingerprint density at radius 1 is 1.14 bits per heavy atom. The van der Waals surface area contributed by atoms with Crippen LogP contribution < -0.4 is 4.74 Å². The molecule has 0 amide bonds. The van der Waals surface area contributed by atoms with Gasteiger partial charge in [0.25, 0.3) is 0 Å². The van der Waals surface area contributed by atoms with Crippen LogP contribution in [-0.2, 0) is 9.47 Å². The number of piperazine rings is 1. The molecule has 1 aromatic rings. The Hall–Kier alpha value is -2.73. The van der Waals surface area contributed by atoms with E-state index in [1.54, 1.807) is 18.7 Å². The molecule has 0 unspecified atom stereocenters. The Balaban J connectivity index is 1.17. The van der Waals surface area contributed by atoms with E-state index >= 15 is 0 Å². The van der Waals surface area contributed by atoms with Gasteiger partial charge in [0, 0.05) is 45.3 Å². The van der Waals surface area contributed by atoms with E-state index in [0.717, 1.165) is 75.1 Å². The van der Waals surface area contributed by atoms with Gasteiger partial charge < -0.3 is 19.1 Å². The van der Waals surface area contributed by atoms with E-state index in [9.17, 15) is 0 Å². The molecule has 6 nitrogen and oxygen atoms in total. The molecular formula is C23H29N3O3. The Labute approximate surface area is 172 Å². The van der Waals surface area contributed by atoms with Crippen molar-refractivity contribution < 1.29 is 14.2 Å². The van der Waals surface area contributed by atoms with E-state index in [1.807, 2.05) is 19.1 Å². The summed E-state index contributed by atoms with van der Waals surface area (Å²) in [6.45, 7) is 7.34. The molecule has 0 aromatic carbocycles. The Kier molecular flexibility index (Phi) is 6.52. The fraction of sp³-hybridized carbons (Fsp3) is 0.435. The van der Waals surface area contributed by atoms with Crippen LogP contribution in [0, 0.1) is 6.92 Å². The molecule has 2 aliphatic heterocycles. The third-order valence-electron chi connectivity index (χ3n) is 5.43. The highest BCUT2D eigenvalue weighted by molar-refractivity contribution is 5.25. The van der Waals surface area contributed by atoms with Crippen LogP contribution in [0.25, 0.3) is 0 Å². The number of rotatable bonds is 7. The second-order valence-electron chi connectivity index (χ2n) is 7.51. The molecule has 3 heterocycles. The van der Waals surface area contributed by atoms with E-state index in [2.05, 4.69) is 33.0 Å². The van der Waals surface area contributed by atoms with Gasteiger partial charge in [-0.25, -0.2) is 0 Å². The van der Waals surface area contributed by atoms with E-state index in [0.29, 0.717) is 6.61 Å². The van der Waals surface area contributed by atoms with Crippen LogP contribution in [0.4, 0.5) is 0 Å². The first-order valence-electron chi connectivity index (χ1n) is 10.4. The van der Waals surface area contributed by atoms with Crippen LogP contribution in [0.2, 0.25) is 0 Å². The number of hydrogen-bond acceptors (Lipinski definition) is 6. The largest absolute Gasteiger partial charge is 0.490 e. The van der Waals surface area contributed by atoms with Crippen LogP contribution >= 0.6 is 0 Å². The van der Waals surface area contributed by atoms with Gasteiger partial charge in [0.05, 0.1) is 5.69 Å². The molecule has 3 aliphatic rings. The summed E-state index contributed by atoms with van der Waals surface area (Å²) < 4.78 is 17.6. The minimum Gasteiger partial charge on any atom is -0.490 e. The molecule has 0 atom stereocenters. The second-order valence-corrected chi connectivity index (χ2v) is 7.51. The number of hydrogen-bond donors (Lipinski definition) is 0. The van der Waals surface area contributed by atoms with Gasteiger partial charge in [-0.1, -0.05) is 23.8 Å². The van der Waals surface area contributed by atoms with E-state index < -0.39 is 0 Å². The highest BCUT2D eigenvalue weighted by Crippen LogP contribution is 2.25. The highest BCUT2D eigenvalue weighted by Gasteiger charge is 2.22. The zero-order valence-corrected chi connectivity index (χ0v) is 17.0. The lowest BCUT2D eigenvalue weighted by Crippen LogP contribution is -2.47. The van der Waals surface area contributed by atoms with Crippen molar-refractivity contribution in [3.63, 3.8) is 0 Å². The van der Waals surface area contributed by atoms with Gasteiger partial charge >= 0.3 is 0 Å². The van der Waals surface area contributed by atoms with Crippen molar-refractivity contribution in [1.82, 2.24) is 14.8 Å². The quantitative estimate of drug-likeness (QED) is 0.701. The van der Waals surface area contributed by atoms with Crippen LogP contribution in [0.15, 0.2) is 66.3 Å². The predicted molar refractivity (Wildman–Crippen MR) is 112 cm³/mol. The van der Waals surface area contributed by atoms with Crippen molar-refractivity contribution in [2.24, 2.45) is 0 Å². The molecular weight excluding hydrogens is 366 g/mol. The Morgan fingerprint density at radius 3 is 2.76 bits per heavy atom. The topological polar surface area (TPSA) is 47.1 Å². The van der Waals surface area contributed by atoms with Crippen molar-refractivity contribution in [1.29, 1.82) is 0 Å². The first-order chi connectivity index (χ1) is 14.3. The summed E-state index contributed by atoms with van der Waals surface area (Å²) in [5, 5.41) is 0. The molecule has 1 aromatic heterocycles. The standard InChI is InChI=1S/C23H29N3O3/c1-19-22(8-5-9-24-19)27-15-14-25-10-12-26(13-11-25)23-18-28-21(17-29-23)16-20-6-3-2-4-7-20/h2-3,5-6,8-9,17-18H,4,7,10-16H2,1H3. The average molecular weight is 396 g/mol. The molecule has 0 N–H and O–H groups in total. The van der Waals surface area contributed by atoms with Crippen molar-refractivity contribution >= 4 is 0 Å². The van der Waals surface area contributed by atoms with Crippen molar-refractivity contribution in [3.8, 4) is 5.75 Å². The molecule has 0 radical (unpaired) electrons. The molecule has 0 spiro atoms. The summed E-state index contributed by atoms with van der Waals surface area (Å²) in [5.74, 6) is 2.54. The van der Waals surface area contributed by atoms with Gasteiger partial charge in [0.1, 0.15) is 24.4 Å². The number of allylic oxidation sites excluding steroid dienone is 4. The smallest absolute Gasteiger partial charge is 0.231 e.